The number of hydrogen-bond donors (Lipinski definition) is 0. The zero-order valence-corrected chi connectivity index (χ0v) is 21.9. The van der Waals surface area contributed by atoms with Crippen LogP contribution in [-0.2, 0) is 4.79 Å². The Morgan fingerprint density at radius 3 is 2.30 bits per heavy atom. The molecule has 0 saturated carbocycles. The first-order valence-electron chi connectivity index (χ1n) is 12.1. The molecule has 9 nitrogen and oxygen atoms in total. The van der Waals surface area contributed by atoms with E-state index in [1.54, 1.807) is 43.4 Å². The fourth-order valence-electron chi connectivity index (χ4n) is 4.22. The van der Waals surface area contributed by atoms with Crippen molar-refractivity contribution in [3.8, 4) is 22.8 Å². The Kier molecular flexibility index (Phi) is 8.45. The van der Waals surface area contributed by atoms with E-state index in [1.807, 2.05) is 37.3 Å². The molecule has 2 heterocycles. The fraction of sp³-hybridized carbons (Fsp3) is 0.333. The van der Waals surface area contributed by atoms with Gasteiger partial charge in [-0.25, -0.2) is 0 Å². The van der Waals surface area contributed by atoms with Crippen LogP contribution in [0.4, 0.5) is 5.82 Å². The third-order valence-electron chi connectivity index (χ3n) is 6.39. The fourth-order valence-corrected chi connectivity index (χ4v) is 4.44. The Morgan fingerprint density at radius 1 is 0.946 bits per heavy atom. The number of methoxy groups -OCH3 is 2. The molecule has 1 aliphatic rings. The second-order valence-corrected chi connectivity index (χ2v) is 8.92. The zero-order chi connectivity index (χ0) is 26.4. The van der Waals surface area contributed by atoms with E-state index in [2.05, 4.69) is 15.1 Å². The Balaban J connectivity index is 1.34. The van der Waals surface area contributed by atoms with Crippen LogP contribution in [0.3, 0.4) is 0 Å². The van der Waals surface area contributed by atoms with Crippen LogP contribution in [-0.4, -0.2) is 85.3 Å². The summed E-state index contributed by atoms with van der Waals surface area (Å²) in [5, 5.41) is 9.18. The maximum atomic E-state index is 13.0. The van der Waals surface area contributed by atoms with Gasteiger partial charge in [-0.05, 0) is 49.4 Å². The molecule has 1 aromatic heterocycles. The number of carbonyl (C=O) groups excluding carboxylic acids is 2. The summed E-state index contributed by atoms with van der Waals surface area (Å²) in [6.07, 6.45) is 0. The second-order valence-electron chi connectivity index (χ2n) is 8.51. The molecule has 0 radical (unpaired) electrons. The number of halogens is 1. The van der Waals surface area contributed by atoms with Crippen LogP contribution < -0.4 is 14.4 Å². The minimum absolute atomic E-state index is 0.0143. The summed E-state index contributed by atoms with van der Waals surface area (Å²) in [7, 11) is 3.19. The van der Waals surface area contributed by atoms with Crippen molar-refractivity contribution < 1.29 is 19.1 Å². The molecule has 10 heteroatoms. The van der Waals surface area contributed by atoms with Gasteiger partial charge < -0.3 is 24.2 Å². The van der Waals surface area contributed by atoms with Crippen LogP contribution in [0, 0.1) is 0 Å². The lowest BCUT2D eigenvalue weighted by molar-refractivity contribution is -0.132. The van der Waals surface area contributed by atoms with E-state index >= 15 is 0 Å². The largest absolute Gasteiger partial charge is 0.493 e. The number of ether oxygens (including phenoxy) is 2. The summed E-state index contributed by atoms with van der Waals surface area (Å²) in [5.74, 6) is 1.70. The van der Waals surface area contributed by atoms with Crippen LogP contribution >= 0.6 is 11.6 Å². The Labute approximate surface area is 221 Å². The summed E-state index contributed by atoms with van der Waals surface area (Å²) in [6.45, 7) is 4.61. The van der Waals surface area contributed by atoms with Gasteiger partial charge in [-0.1, -0.05) is 23.7 Å². The Morgan fingerprint density at radius 2 is 1.68 bits per heavy atom. The van der Waals surface area contributed by atoms with E-state index in [0.717, 1.165) is 17.1 Å². The molecule has 1 saturated heterocycles. The molecular weight excluding hydrogens is 494 g/mol. The average Bonchev–Trinajstić information content (AvgIpc) is 2.95. The van der Waals surface area contributed by atoms with E-state index in [9.17, 15) is 9.59 Å². The number of carbonyl (C=O) groups is 2. The summed E-state index contributed by atoms with van der Waals surface area (Å²) in [6, 6.07) is 16.3. The monoisotopic (exact) mass is 523 g/mol. The summed E-state index contributed by atoms with van der Waals surface area (Å²) < 4.78 is 10.7. The third kappa shape index (κ3) is 5.94. The maximum Gasteiger partial charge on any atom is 0.255 e. The number of rotatable bonds is 8. The van der Waals surface area contributed by atoms with Crippen molar-refractivity contribution in [2.45, 2.75) is 6.92 Å². The lowest BCUT2D eigenvalue weighted by Gasteiger charge is -2.36. The summed E-state index contributed by atoms with van der Waals surface area (Å²) in [5.41, 5.74) is 2.00. The number of anilines is 1. The van der Waals surface area contributed by atoms with Gasteiger partial charge in [-0.2, -0.15) is 0 Å². The van der Waals surface area contributed by atoms with E-state index in [-0.39, 0.29) is 18.4 Å². The van der Waals surface area contributed by atoms with Crippen LogP contribution in [0.25, 0.3) is 11.3 Å². The van der Waals surface area contributed by atoms with E-state index in [4.69, 9.17) is 21.1 Å². The highest BCUT2D eigenvalue weighted by molar-refractivity contribution is 6.33. The average molecular weight is 524 g/mol. The van der Waals surface area contributed by atoms with Crippen molar-refractivity contribution in [2.75, 3.05) is 58.4 Å². The van der Waals surface area contributed by atoms with Crippen LogP contribution in [0.1, 0.15) is 17.3 Å². The molecule has 1 fully saturated rings. The summed E-state index contributed by atoms with van der Waals surface area (Å²) in [4.78, 5) is 31.3. The standard InChI is InChI=1S/C27H30ClN5O4/c1-4-31(27(35)20-7-5-6-8-21(20)28)18-26(34)33-15-13-32(14-16-33)25-12-10-22(29-30-25)19-9-11-23(36-2)24(17-19)37-3/h5-12,17H,4,13-16,18H2,1-3H3. The molecule has 37 heavy (non-hydrogen) atoms. The number of hydrogen-bond acceptors (Lipinski definition) is 7. The topological polar surface area (TPSA) is 88.1 Å². The van der Waals surface area contributed by atoms with Gasteiger partial charge in [0.05, 0.1) is 30.5 Å². The Bertz CT molecular complexity index is 1250. The number of amides is 2. The first kappa shape index (κ1) is 26.2. The van der Waals surface area contributed by atoms with Gasteiger partial charge in [0.25, 0.3) is 5.91 Å². The number of piperazine rings is 1. The molecule has 0 unspecified atom stereocenters. The van der Waals surface area contributed by atoms with Crippen molar-refractivity contribution >= 4 is 29.2 Å². The third-order valence-corrected chi connectivity index (χ3v) is 6.72. The van der Waals surface area contributed by atoms with Gasteiger partial charge in [-0.15, -0.1) is 10.2 Å². The minimum atomic E-state index is -0.245. The molecule has 0 atom stereocenters. The Hall–Kier alpha value is -3.85. The van der Waals surface area contributed by atoms with E-state index < -0.39 is 0 Å². The molecule has 0 spiro atoms. The van der Waals surface area contributed by atoms with Crippen LogP contribution in [0.5, 0.6) is 11.5 Å². The lowest BCUT2D eigenvalue weighted by Crippen LogP contribution is -2.52. The highest BCUT2D eigenvalue weighted by Crippen LogP contribution is 2.31. The molecule has 4 rings (SSSR count). The summed E-state index contributed by atoms with van der Waals surface area (Å²) >= 11 is 6.18. The first-order chi connectivity index (χ1) is 17.9. The van der Waals surface area contributed by atoms with Crippen molar-refractivity contribution in [1.29, 1.82) is 0 Å². The number of nitrogens with zero attached hydrogens (tertiary/aromatic N) is 5. The molecular formula is C27H30ClN5O4. The number of likely N-dealkylation sites (N-methyl/N-ethyl adjacent to an activating group) is 1. The van der Waals surface area contributed by atoms with Crippen molar-refractivity contribution in [1.82, 2.24) is 20.0 Å². The predicted molar refractivity (Wildman–Crippen MR) is 142 cm³/mol. The SMILES string of the molecule is CCN(CC(=O)N1CCN(c2ccc(-c3ccc(OC)c(OC)c3)nn2)CC1)C(=O)c1ccccc1Cl. The molecule has 194 valence electrons. The van der Waals surface area contributed by atoms with Crippen molar-refractivity contribution in [3.63, 3.8) is 0 Å². The zero-order valence-electron chi connectivity index (χ0n) is 21.2. The molecule has 2 amide bonds. The molecule has 0 N–H and O–H groups in total. The smallest absolute Gasteiger partial charge is 0.255 e. The van der Waals surface area contributed by atoms with E-state index in [0.29, 0.717) is 54.8 Å². The molecule has 1 aliphatic heterocycles. The van der Waals surface area contributed by atoms with Gasteiger partial charge in [0.1, 0.15) is 6.54 Å². The first-order valence-corrected chi connectivity index (χ1v) is 12.5. The van der Waals surface area contributed by atoms with Gasteiger partial charge in [0.15, 0.2) is 17.3 Å². The quantitative estimate of drug-likeness (QED) is 0.445. The van der Waals surface area contributed by atoms with Gasteiger partial charge in [0, 0.05) is 38.3 Å². The van der Waals surface area contributed by atoms with E-state index in [1.165, 1.54) is 4.90 Å². The second kappa shape index (κ2) is 11.9. The highest BCUT2D eigenvalue weighted by atomic mass is 35.5. The molecule has 0 aliphatic carbocycles. The molecule has 3 aromatic rings. The number of benzene rings is 2. The molecule has 0 bridgehead atoms. The maximum absolute atomic E-state index is 13.0. The number of aromatic nitrogens is 2. The highest BCUT2D eigenvalue weighted by Gasteiger charge is 2.26. The van der Waals surface area contributed by atoms with Gasteiger partial charge in [-0.3, -0.25) is 9.59 Å². The van der Waals surface area contributed by atoms with Gasteiger partial charge in [0.2, 0.25) is 5.91 Å². The van der Waals surface area contributed by atoms with Gasteiger partial charge >= 0.3 is 0 Å². The minimum Gasteiger partial charge on any atom is -0.493 e. The molecule has 2 aromatic carbocycles. The van der Waals surface area contributed by atoms with Crippen LogP contribution in [0.2, 0.25) is 5.02 Å². The predicted octanol–water partition coefficient (Wildman–Crippen LogP) is 3.63. The van der Waals surface area contributed by atoms with Crippen LogP contribution in [0.15, 0.2) is 54.6 Å². The van der Waals surface area contributed by atoms with Crippen molar-refractivity contribution in [3.05, 3.63) is 65.2 Å². The van der Waals surface area contributed by atoms with Crippen molar-refractivity contribution in [2.24, 2.45) is 0 Å². The lowest BCUT2D eigenvalue weighted by atomic mass is 10.1. The normalized spacial score (nSPS) is 13.3.